The quantitative estimate of drug-likeness (QED) is 0.475. The molecule has 24 heavy (non-hydrogen) atoms. The molecule has 6 nitrogen and oxygen atoms in total. The molecule has 0 aliphatic heterocycles. The predicted octanol–water partition coefficient (Wildman–Crippen LogP) is 1.90. The van der Waals surface area contributed by atoms with Crippen LogP contribution in [0.25, 0.3) is 0 Å². The number of carbonyl (C=O) groups is 1. The minimum absolute atomic E-state index is 0.243. The van der Waals surface area contributed by atoms with Crippen molar-refractivity contribution in [2.75, 3.05) is 20.2 Å². The smallest absolute Gasteiger partial charge is 0.248 e. The van der Waals surface area contributed by atoms with Gasteiger partial charge in [-0.25, -0.2) is 0 Å². The molecule has 1 aromatic rings. The monoisotopic (exact) mass is 334 g/mol. The van der Waals surface area contributed by atoms with Gasteiger partial charge in [0.15, 0.2) is 5.96 Å². The van der Waals surface area contributed by atoms with Crippen molar-refractivity contribution < 1.29 is 9.53 Å². The van der Waals surface area contributed by atoms with Crippen molar-refractivity contribution in [2.24, 2.45) is 16.6 Å². The number of guanidine groups is 1. The standard InChI is InChI=1S/C18H30N4O2/c1-5-24-16(13(2)3)9-10-21-18(20-4)22-12-14-7-6-8-15(11-14)17(19)23/h6-8,11,13,16H,5,9-10,12H2,1-4H3,(H2,19,23)(H2,20,21,22). The number of primary amides is 1. The number of hydrogen-bond donors (Lipinski definition) is 3. The van der Waals surface area contributed by atoms with E-state index in [4.69, 9.17) is 10.5 Å². The second-order valence-electron chi connectivity index (χ2n) is 5.94. The zero-order valence-electron chi connectivity index (χ0n) is 15.1. The van der Waals surface area contributed by atoms with E-state index in [-0.39, 0.29) is 6.10 Å². The number of ether oxygens (including phenoxy) is 1. The van der Waals surface area contributed by atoms with Crippen LogP contribution in [0.5, 0.6) is 0 Å². The Kier molecular flexibility index (Phi) is 8.86. The molecule has 1 amide bonds. The molecule has 0 aliphatic rings. The Morgan fingerprint density at radius 1 is 1.33 bits per heavy atom. The first kappa shape index (κ1) is 20.0. The largest absolute Gasteiger partial charge is 0.378 e. The third-order valence-electron chi connectivity index (χ3n) is 3.74. The van der Waals surface area contributed by atoms with Crippen molar-refractivity contribution in [3.05, 3.63) is 35.4 Å². The van der Waals surface area contributed by atoms with Crippen LogP contribution in [0.3, 0.4) is 0 Å². The number of aliphatic imine (C=N–C) groups is 1. The number of carbonyl (C=O) groups excluding carboxylic acids is 1. The lowest BCUT2D eigenvalue weighted by Gasteiger charge is -2.21. The highest BCUT2D eigenvalue weighted by molar-refractivity contribution is 5.92. The molecule has 0 fully saturated rings. The molecule has 0 aliphatic carbocycles. The molecule has 0 spiro atoms. The Morgan fingerprint density at radius 3 is 2.67 bits per heavy atom. The second kappa shape index (κ2) is 10.6. The number of rotatable bonds is 9. The summed E-state index contributed by atoms with van der Waals surface area (Å²) in [6.45, 7) is 8.43. The van der Waals surface area contributed by atoms with Crippen molar-refractivity contribution in [1.29, 1.82) is 0 Å². The summed E-state index contributed by atoms with van der Waals surface area (Å²) in [6, 6.07) is 7.25. The summed E-state index contributed by atoms with van der Waals surface area (Å²) in [5.41, 5.74) is 6.78. The number of nitrogens with one attached hydrogen (secondary N) is 2. The van der Waals surface area contributed by atoms with Crippen molar-refractivity contribution in [3.8, 4) is 0 Å². The highest BCUT2D eigenvalue weighted by atomic mass is 16.5. The Bertz CT molecular complexity index is 544. The summed E-state index contributed by atoms with van der Waals surface area (Å²) in [5, 5.41) is 6.52. The first-order chi connectivity index (χ1) is 11.5. The van der Waals surface area contributed by atoms with Gasteiger partial charge in [-0.2, -0.15) is 0 Å². The Balaban J connectivity index is 2.45. The van der Waals surface area contributed by atoms with E-state index >= 15 is 0 Å². The minimum Gasteiger partial charge on any atom is -0.378 e. The van der Waals surface area contributed by atoms with Gasteiger partial charge in [-0.3, -0.25) is 9.79 Å². The highest BCUT2D eigenvalue weighted by Crippen LogP contribution is 2.10. The third kappa shape index (κ3) is 7.00. The van der Waals surface area contributed by atoms with Gasteiger partial charge in [-0.15, -0.1) is 0 Å². The van der Waals surface area contributed by atoms with E-state index in [9.17, 15) is 4.79 Å². The van der Waals surface area contributed by atoms with Gasteiger partial charge in [0.05, 0.1) is 6.10 Å². The Morgan fingerprint density at radius 2 is 2.08 bits per heavy atom. The van der Waals surface area contributed by atoms with Crippen LogP contribution in [-0.2, 0) is 11.3 Å². The molecular weight excluding hydrogens is 304 g/mol. The molecule has 0 aromatic heterocycles. The van der Waals surface area contributed by atoms with Gasteiger partial charge in [0, 0.05) is 32.3 Å². The van der Waals surface area contributed by atoms with Gasteiger partial charge in [0.25, 0.3) is 0 Å². The van der Waals surface area contributed by atoms with Crippen LogP contribution >= 0.6 is 0 Å². The Labute approximate surface area is 144 Å². The second-order valence-corrected chi connectivity index (χ2v) is 5.94. The number of nitrogens with zero attached hydrogens (tertiary/aromatic N) is 1. The van der Waals surface area contributed by atoms with Gasteiger partial charge in [0.1, 0.15) is 0 Å². The van der Waals surface area contributed by atoms with Crippen molar-refractivity contribution >= 4 is 11.9 Å². The number of amides is 1. The number of hydrogen-bond acceptors (Lipinski definition) is 3. The van der Waals surface area contributed by atoms with Crippen LogP contribution in [-0.4, -0.2) is 38.2 Å². The number of nitrogens with two attached hydrogens (primary N) is 1. The maximum absolute atomic E-state index is 11.2. The first-order valence-corrected chi connectivity index (χ1v) is 8.42. The maximum Gasteiger partial charge on any atom is 0.248 e. The van der Waals surface area contributed by atoms with Crippen LogP contribution in [0.1, 0.15) is 43.1 Å². The van der Waals surface area contributed by atoms with E-state index in [1.165, 1.54) is 0 Å². The van der Waals surface area contributed by atoms with E-state index in [0.717, 1.165) is 31.1 Å². The summed E-state index contributed by atoms with van der Waals surface area (Å²) in [7, 11) is 1.73. The third-order valence-corrected chi connectivity index (χ3v) is 3.74. The van der Waals surface area contributed by atoms with Crippen LogP contribution in [0.4, 0.5) is 0 Å². The van der Waals surface area contributed by atoms with Crippen molar-refractivity contribution in [2.45, 2.75) is 39.8 Å². The van der Waals surface area contributed by atoms with E-state index in [0.29, 0.717) is 18.0 Å². The lowest BCUT2D eigenvalue weighted by molar-refractivity contribution is 0.0258. The molecule has 1 aromatic carbocycles. The molecular formula is C18H30N4O2. The molecule has 134 valence electrons. The molecule has 0 heterocycles. The van der Waals surface area contributed by atoms with Crippen LogP contribution in [0, 0.1) is 5.92 Å². The zero-order chi connectivity index (χ0) is 17.9. The lowest BCUT2D eigenvalue weighted by Crippen LogP contribution is -2.39. The molecule has 0 radical (unpaired) electrons. The fourth-order valence-corrected chi connectivity index (χ4v) is 2.40. The summed E-state index contributed by atoms with van der Waals surface area (Å²) >= 11 is 0. The molecule has 1 unspecified atom stereocenters. The van der Waals surface area contributed by atoms with Gasteiger partial charge < -0.3 is 21.1 Å². The maximum atomic E-state index is 11.2. The summed E-state index contributed by atoms with van der Waals surface area (Å²) in [4.78, 5) is 15.4. The van der Waals surface area contributed by atoms with E-state index < -0.39 is 5.91 Å². The van der Waals surface area contributed by atoms with Crippen LogP contribution < -0.4 is 16.4 Å². The topological polar surface area (TPSA) is 88.7 Å². The highest BCUT2D eigenvalue weighted by Gasteiger charge is 2.13. The molecule has 1 rings (SSSR count). The SMILES string of the molecule is CCOC(CCNC(=NC)NCc1cccc(C(N)=O)c1)C(C)C. The normalized spacial score (nSPS) is 13.0. The van der Waals surface area contributed by atoms with Gasteiger partial charge in [0.2, 0.25) is 5.91 Å². The Hall–Kier alpha value is -2.08. The van der Waals surface area contributed by atoms with Crippen LogP contribution in [0.2, 0.25) is 0 Å². The predicted molar refractivity (Wildman–Crippen MR) is 98.0 cm³/mol. The first-order valence-electron chi connectivity index (χ1n) is 8.42. The van der Waals surface area contributed by atoms with Gasteiger partial charge >= 0.3 is 0 Å². The average molecular weight is 334 g/mol. The van der Waals surface area contributed by atoms with E-state index in [1.807, 2.05) is 19.1 Å². The summed E-state index contributed by atoms with van der Waals surface area (Å²) < 4.78 is 5.74. The average Bonchev–Trinajstić information content (AvgIpc) is 2.57. The molecule has 0 saturated carbocycles. The lowest BCUT2D eigenvalue weighted by atomic mass is 10.0. The zero-order valence-corrected chi connectivity index (χ0v) is 15.1. The van der Waals surface area contributed by atoms with Crippen molar-refractivity contribution in [3.63, 3.8) is 0 Å². The summed E-state index contributed by atoms with van der Waals surface area (Å²) in [5.74, 6) is 0.784. The summed E-state index contributed by atoms with van der Waals surface area (Å²) in [6.07, 6.45) is 1.16. The van der Waals surface area contributed by atoms with Gasteiger partial charge in [-0.1, -0.05) is 26.0 Å². The minimum atomic E-state index is -0.421. The molecule has 6 heteroatoms. The van der Waals surface area contributed by atoms with E-state index in [1.54, 1.807) is 19.2 Å². The fraction of sp³-hybridized carbons (Fsp3) is 0.556. The number of benzene rings is 1. The molecule has 0 bridgehead atoms. The van der Waals surface area contributed by atoms with Gasteiger partial charge in [-0.05, 0) is 37.0 Å². The fourth-order valence-electron chi connectivity index (χ4n) is 2.40. The molecule has 0 saturated heterocycles. The van der Waals surface area contributed by atoms with E-state index in [2.05, 4.69) is 29.5 Å². The van der Waals surface area contributed by atoms with Crippen LogP contribution in [0.15, 0.2) is 29.3 Å². The van der Waals surface area contributed by atoms with Crippen molar-refractivity contribution in [1.82, 2.24) is 10.6 Å². The molecule has 1 atom stereocenters. The molecule has 4 N–H and O–H groups in total.